The SMILES string of the molecule is CCCCCN1[SiH2]N(C2CCCCC2)C1I. The van der Waals surface area contributed by atoms with Crippen LogP contribution >= 0.6 is 22.6 Å². The van der Waals surface area contributed by atoms with Gasteiger partial charge in [0.15, 0.2) is 9.84 Å². The molecule has 1 aliphatic carbocycles. The number of nitrogens with zero attached hydrogens (tertiary/aromatic N) is 2. The van der Waals surface area contributed by atoms with Gasteiger partial charge in [-0.25, -0.2) is 0 Å². The number of alkyl halides is 1. The fourth-order valence-electron chi connectivity index (χ4n) is 2.90. The van der Waals surface area contributed by atoms with E-state index < -0.39 is 0 Å². The molecule has 94 valence electrons. The van der Waals surface area contributed by atoms with Gasteiger partial charge in [0.2, 0.25) is 0 Å². The van der Waals surface area contributed by atoms with Gasteiger partial charge in [-0.2, -0.15) is 0 Å². The zero-order valence-corrected chi connectivity index (χ0v) is 14.1. The molecule has 0 aromatic rings. The van der Waals surface area contributed by atoms with E-state index in [4.69, 9.17) is 0 Å². The normalized spacial score (nSPS) is 30.8. The first-order valence-corrected chi connectivity index (χ1v) is 9.48. The third-order valence-electron chi connectivity index (χ3n) is 4.01. The van der Waals surface area contributed by atoms with Gasteiger partial charge < -0.3 is 0 Å². The van der Waals surface area contributed by atoms with E-state index in [0.29, 0.717) is 0 Å². The topological polar surface area (TPSA) is 6.48 Å². The highest BCUT2D eigenvalue weighted by atomic mass is 127. The van der Waals surface area contributed by atoms with Crippen molar-refractivity contribution in [3.05, 3.63) is 0 Å². The second-order valence-electron chi connectivity index (χ2n) is 5.28. The summed E-state index contributed by atoms with van der Waals surface area (Å²) in [6, 6.07) is 0.963. The van der Waals surface area contributed by atoms with Gasteiger partial charge in [-0.3, -0.25) is 9.13 Å². The maximum atomic E-state index is 2.85. The lowest BCUT2D eigenvalue weighted by Crippen LogP contribution is -2.67. The summed E-state index contributed by atoms with van der Waals surface area (Å²) in [6.45, 7) is 3.67. The third-order valence-corrected chi connectivity index (χ3v) is 9.22. The first-order valence-electron chi connectivity index (χ1n) is 6.97. The molecule has 1 unspecified atom stereocenters. The van der Waals surface area contributed by atoms with E-state index in [1.54, 1.807) is 0 Å². The minimum Gasteiger partial charge on any atom is -0.293 e. The third kappa shape index (κ3) is 3.20. The van der Waals surface area contributed by atoms with E-state index in [0.717, 1.165) is 10.2 Å². The van der Waals surface area contributed by atoms with Gasteiger partial charge >= 0.3 is 0 Å². The molecule has 1 heterocycles. The highest BCUT2D eigenvalue weighted by molar-refractivity contribution is 14.1. The molecule has 0 aromatic carbocycles. The predicted octanol–water partition coefficient (Wildman–Crippen LogP) is 2.84. The Balaban J connectivity index is 1.67. The van der Waals surface area contributed by atoms with Gasteiger partial charge in [0, 0.05) is 6.04 Å². The largest absolute Gasteiger partial charge is 0.293 e. The van der Waals surface area contributed by atoms with Crippen LogP contribution in [-0.4, -0.2) is 35.7 Å². The van der Waals surface area contributed by atoms with Crippen LogP contribution in [0.2, 0.25) is 0 Å². The van der Waals surface area contributed by atoms with E-state index in [1.807, 2.05) is 0 Å². The smallest absolute Gasteiger partial charge is 0.176 e. The van der Waals surface area contributed by atoms with Crippen molar-refractivity contribution in [1.29, 1.82) is 0 Å². The minimum atomic E-state index is -0.0282. The van der Waals surface area contributed by atoms with Gasteiger partial charge in [0.05, 0.1) is 0 Å². The zero-order valence-electron chi connectivity index (χ0n) is 10.5. The van der Waals surface area contributed by atoms with Crippen molar-refractivity contribution in [3.63, 3.8) is 0 Å². The maximum absolute atomic E-state index is 2.85. The first-order chi connectivity index (χ1) is 7.83. The van der Waals surface area contributed by atoms with Crippen LogP contribution in [0.25, 0.3) is 0 Å². The number of rotatable bonds is 5. The molecular weight excluding hydrogens is 327 g/mol. The Morgan fingerprint density at radius 2 is 1.94 bits per heavy atom. The highest BCUT2D eigenvalue weighted by Crippen LogP contribution is 2.32. The number of halogens is 1. The monoisotopic (exact) mass is 352 g/mol. The molecule has 0 spiro atoms. The quantitative estimate of drug-likeness (QED) is 0.247. The first kappa shape index (κ1) is 13.3. The number of hydrogen-bond donors (Lipinski definition) is 0. The van der Waals surface area contributed by atoms with Crippen molar-refractivity contribution < 1.29 is 0 Å². The fourth-order valence-corrected chi connectivity index (χ4v) is 6.48. The lowest BCUT2D eigenvalue weighted by atomic mass is 9.96. The van der Waals surface area contributed by atoms with Gasteiger partial charge in [-0.1, -0.05) is 39.0 Å². The molecule has 1 saturated heterocycles. The Labute approximate surface area is 116 Å². The van der Waals surface area contributed by atoms with Crippen molar-refractivity contribution in [3.8, 4) is 0 Å². The van der Waals surface area contributed by atoms with Crippen molar-refractivity contribution in [2.75, 3.05) is 6.54 Å². The molecular formula is C12H25IN2Si. The Morgan fingerprint density at radius 3 is 2.56 bits per heavy atom. The van der Waals surface area contributed by atoms with Crippen LogP contribution in [-0.2, 0) is 0 Å². The summed E-state index contributed by atoms with van der Waals surface area (Å²) >= 11 is 2.66. The van der Waals surface area contributed by atoms with Crippen LogP contribution in [0.15, 0.2) is 0 Å². The van der Waals surface area contributed by atoms with E-state index in [-0.39, 0.29) is 9.84 Å². The van der Waals surface area contributed by atoms with Gasteiger partial charge in [-0.15, -0.1) is 0 Å². The Hall–Kier alpha value is 0.867. The summed E-state index contributed by atoms with van der Waals surface area (Å²) in [7, 11) is -0.0282. The number of hydrogen-bond acceptors (Lipinski definition) is 2. The van der Waals surface area contributed by atoms with Gasteiger partial charge in [-0.05, 0) is 48.4 Å². The molecule has 1 saturated carbocycles. The number of unbranched alkanes of at least 4 members (excludes halogenated alkanes) is 2. The Kier molecular flexibility index (Phi) is 5.58. The van der Waals surface area contributed by atoms with Gasteiger partial charge in [0.1, 0.15) is 4.17 Å². The molecule has 2 aliphatic rings. The molecule has 2 fully saturated rings. The molecule has 0 radical (unpaired) electrons. The maximum Gasteiger partial charge on any atom is 0.176 e. The highest BCUT2D eigenvalue weighted by Gasteiger charge is 2.38. The Morgan fingerprint density at radius 1 is 1.19 bits per heavy atom. The van der Waals surface area contributed by atoms with E-state index in [2.05, 4.69) is 38.6 Å². The van der Waals surface area contributed by atoms with Crippen LogP contribution in [0.4, 0.5) is 0 Å². The fraction of sp³-hybridized carbons (Fsp3) is 1.00. The average Bonchev–Trinajstić information content (AvgIpc) is 2.33. The van der Waals surface area contributed by atoms with E-state index in [1.165, 1.54) is 57.9 Å². The van der Waals surface area contributed by atoms with Crippen LogP contribution in [0.5, 0.6) is 0 Å². The summed E-state index contributed by atoms with van der Waals surface area (Å²) in [4.78, 5) is 0. The lowest BCUT2D eigenvalue weighted by Gasteiger charge is -2.52. The zero-order chi connectivity index (χ0) is 11.4. The molecule has 0 bridgehead atoms. The average molecular weight is 352 g/mol. The van der Waals surface area contributed by atoms with Crippen molar-refractivity contribution in [1.82, 2.24) is 9.13 Å². The van der Waals surface area contributed by atoms with Crippen LogP contribution in [0.1, 0.15) is 58.3 Å². The van der Waals surface area contributed by atoms with Crippen molar-refractivity contribution in [2.24, 2.45) is 0 Å². The molecule has 0 amide bonds. The van der Waals surface area contributed by atoms with Crippen molar-refractivity contribution in [2.45, 2.75) is 68.5 Å². The van der Waals surface area contributed by atoms with E-state index in [9.17, 15) is 0 Å². The summed E-state index contributed by atoms with van der Waals surface area (Å²) in [6.07, 6.45) is 11.6. The second kappa shape index (κ2) is 6.71. The minimum absolute atomic E-state index is 0.0282. The predicted molar refractivity (Wildman–Crippen MR) is 81.3 cm³/mol. The summed E-state index contributed by atoms with van der Waals surface area (Å²) in [5.41, 5.74) is 0. The molecule has 2 rings (SSSR count). The van der Waals surface area contributed by atoms with Crippen LogP contribution in [0.3, 0.4) is 0 Å². The summed E-state index contributed by atoms with van der Waals surface area (Å²) < 4.78 is 6.38. The lowest BCUT2D eigenvalue weighted by molar-refractivity contribution is 0.114. The van der Waals surface area contributed by atoms with Crippen LogP contribution < -0.4 is 0 Å². The Bertz CT molecular complexity index is 209. The molecule has 1 aliphatic heterocycles. The summed E-state index contributed by atoms with van der Waals surface area (Å²) in [5, 5.41) is 0. The van der Waals surface area contributed by atoms with Gasteiger partial charge in [0.25, 0.3) is 0 Å². The molecule has 4 heteroatoms. The standard InChI is InChI=1S/C12H25IN2Si/c1-2-3-7-10-14-12(13)15(16-14)11-8-5-4-6-9-11/h11-12H,2-10,16H2,1H3. The van der Waals surface area contributed by atoms with Crippen molar-refractivity contribution >= 4 is 32.4 Å². The molecule has 16 heavy (non-hydrogen) atoms. The molecule has 2 nitrogen and oxygen atoms in total. The molecule has 0 N–H and O–H groups in total. The van der Waals surface area contributed by atoms with Crippen LogP contribution in [0, 0.1) is 0 Å². The summed E-state index contributed by atoms with van der Waals surface area (Å²) in [5.74, 6) is 0. The second-order valence-corrected chi connectivity index (χ2v) is 8.22. The molecule has 1 atom stereocenters. The molecule has 0 aromatic heterocycles. The van der Waals surface area contributed by atoms with E-state index >= 15 is 0 Å².